The second-order valence-corrected chi connectivity index (χ2v) is 3.09. The monoisotopic (exact) mass is 260 g/mol. The van der Waals surface area contributed by atoms with Gasteiger partial charge in [-0.3, -0.25) is 23.6 Å². The van der Waals surface area contributed by atoms with Crippen LogP contribution in [0.25, 0.3) is 0 Å². The zero-order valence-corrected chi connectivity index (χ0v) is 8.94. The van der Waals surface area contributed by atoms with E-state index < -0.39 is 18.7 Å². The lowest BCUT2D eigenvalue weighted by molar-refractivity contribution is 0.380. The molecule has 0 saturated heterocycles. The van der Waals surface area contributed by atoms with E-state index in [0.717, 1.165) is 0 Å². The first kappa shape index (κ1) is 16.5. The Morgan fingerprint density at radius 1 is 0.933 bits per heavy atom. The molecule has 0 aliphatic heterocycles. The second kappa shape index (κ2) is 9.65. The van der Waals surface area contributed by atoms with Crippen LogP contribution in [0.5, 0.6) is 0 Å². The fourth-order valence-electron chi connectivity index (χ4n) is 0.253. The van der Waals surface area contributed by atoms with Crippen LogP contribution < -0.4 is 0 Å². The number of aromatic nitrogens is 2. The molecule has 0 radical (unpaired) electrons. The number of hydrogen-bond donors (Lipinski definition) is 4. The summed E-state index contributed by atoms with van der Waals surface area (Å²) in [7, 11) is -7.80. The fourth-order valence-corrected chi connectivity index (χ4v) is 0.253. The predicted molar refractivity (Wildman–Crippen MR) is 49.6 cm³/mol. The number of rotatable bonds is 0. The highest BCUT2D eigenvalue weighted by Crippen LogP contribution is 1.98. The summed E-state index contributed by atoms with van der Waals surface area (Å²) in [5, 5.41) is 0. The molecule has 1 rings (SSSR count). The molecule has 1 aromatic rings. The van der Waals surface area contributed by atoms with Gasteiger partial charge in [-0.05, 0) is 0 Å². The Labute approximate surface area is 86.0 Å². The van der Waals surface area contributed by atoms with E-state index >= 15 is 0 Å². The van der Waals surface area contributed by atoms with Crippen LogP contribution in [0, 0.1) is 0 Å². The van der Waals surface area contributed by atoms with E-state index in [-0.39, 0.29) is 0 Å². The summed E-state index contributed by atoms with van der Waals surface area (Å²) in [5.41, 5.74) is 0. The van der Waals surface area contributed by atoms with Crippen LogP contribution in [0.1, 0.15) is 0 Å². The molecular formula is C4H9N2O7PS. The molecule has 0 aromatic carbocycles. The van der Waals surface area contributed by atoms with Crippen molar-refractivity contribution in [2.75, 3.05) is 0 Å². The van der Waals surface area contributed by atoms with Gasteiger partial charge in [-0.1, -0.05) is 0 Å². The molecule has 0 aliphatic rings. The summed E-state index contributed by atoms with van der Waals surface area (Å²) in [6.07, 6.45) is 6.56. The molecule has 4 N–H and O–H groups in total. The van der Waals surface area contributed by atoms with Crippen molar-refractivity contribution in [1.29, 1.82) is 0 Å². The summed E-state index contributed by atoms with van der Waals surface area (Å²) in [4.78, 5) is 21.8. The average Bonchev–Trinajstić information content (AvgIpc) is 2.03. The zero-order valence-electron chi connectivity index (χ0n) is 7.13. The van der Waals surface area contributed by atoms with Crippen LogP contribution in [0.2, 0.25) is 0 Å². The smallest absolute Gasteiger partial charge is 0.326 e. The highest BCUT2D eigenvalue weighted by Gasteiger charge is 1.84. The molecule has 0 saturated carbocycles. The first-order valence-corrected chi connectivity index (χ1v) is 5.75. The lowest BCUT2D eigenvalue weighted by Crippen LogP contribution is -1.89. The van der Waals surface area contributed by atoms with Gasteiger partial charge in [0.05, 0.1) is 0 Å². The Balaban J connectivity index is 0. The van der Waals surface area contributed by atoms with Crippen LogP contribution in [-0.4, -0.2) is 37.3 Å². The van der Waals surface area contributed by atoms with Crippen molar-refractivity contribution in [2.24, 2.45) is 0 Å². The van der Waals surface area contributed by atoms with Gasteiger partial charge in [0.25, 0.3) is 0 Å². The quantitative estimate of drug-likeness (QED) is 0.345. The third kappa shape index (κ3) is 62.1. The summed E-state index contributed by atoms with van der Waals surface area (Å²) < 4.78 is 40.3. The van der Waals surface area contributed by atoms with E-state index in [1.165, 1.54) is 0 Å². The van der Waals surface area contributed by atoms with Gasteiger partial charge in [-0.2, -0.15) is 8.42 Å². The van der Waals surface area contributed by atoms with Crippen molar-refractivity contribution in [3.8, 4) is 0 Å². The van der Waals surface area contributed by atoms with Gasteiger partial charge in [0.2, 0.25) is 0 Å². The van der Waals surface area contributed by atoms with E-state index in [1.54, 1.807) is 24.8 Å². The van der Waals surface area contributed by atoms with E-state index in [4.69, 9.17) is 31.9 Å². The molecule has 11 heteroatoms. The van der Waals surface area contributed by atoms with Gasteiger partial charge in [-0.15, -0.1) is 0 Å². The Hall–Kier alpha value is -0.900. The summed E-state index contributed by atoms with van der Waals surface area (Å²) in [5.74, 6) is 0. The normalized spacial score (nSPS) is 9.40. The topological polar surface area (TPSA) is 158 Å². The molecular weight excluding hydrogens is 251 g/mol. The molecule has 0 atom stereocenters. The molecule has 0 spiro atoms. The minimum Gasteiger partial charge on any atom is -0.326 e. The van der Waals surface area contributed by atoms with Crippen molar-refractivity contribution in [2.45, 2.75) is 0 Å². The molecule has 9 nitrogen and oxygen atoms in total. The molecule has 0 unspecified atom stereocenters. The minimum atomic E-state index is -4.67. The van der Waals surface area contributed by atoms with E-state index in [0.29, 0.717) is 0 Å². The van der Waals surface area contributed by atoms with Gasteiger partial charge in [0, 0.05) is 24.8 Å². The maximum Gasteiger partial charge on any atom is 0.394 e. The van der Waals surface area contributed by atoms with Gasteiger partial charge < -0.3 is 9.79 Å². The largest absolute Gasteiger partial charge is 0.394 e. The lowest BCUT2D eigenvalue weighted by atomic mass is 10.8. The molecule has 88 valence electrons. The van der Waals surface area contributed by atoms with Crippen molar-refractivity contribution in [3.05, 3.63) is 24.8 Å². The molecule has 15 heavy (non-hydrogen) atoms. The fraction of sp³-hybridized carbons (Fsp3) is 0. The van der Waals surface area contributed by atoms with Gasteiger partial charge in [0.15, 0.2) is 0 Å². The number of nitrogens with zero attached hydrogens (tertiary/aromatic N) is 2. The maximum absolute atomic E-state index is 8.74. The first-order chi connectivity index (χ1) is 6.73. The molecule has 0 bridgehead atoms. The highest BCUT2D eigenvalue weighted by atomic mass is 32.3. The van der Waals surface area contributed by atoms with Crippen molar-refractivity contribution in [3.63, 3.8) is 0 Å². The Kier molecular flexibility index (Phi) is 10.6. The van der Waals surface area contributed by atoms with Crippen molar-refractivity contribution in [1.82, 2.24) is 9.97 Å². The average molecular weight is 260 g/mol. The lowest BCUT2D eigenvalue weighted by Gasteiger charge is -1.70. The van der Waals surface area contributed by atoms with Gasteiger partial charge >= 0.3 is 18.7 Å². The van der Waals surface area contributed by atoms with Crippen molar-refractivity contribution < 1.29 is 31.9 Å². The minimum absolute atomic E-state index is 1.64. The van der Waals surface area contributed by atoms with E-state index in [9.17, 15) is 0 Å². The van der Waals surface area contributed by atoms with E-state index in [2.05, 4.69) is 9.97 Å². The number of hydrogen-bond acceptors (Lipinski definition) is 5. The zero-order chi connectivity index (χ0) is 12.3. The van der Waals surface area contributed by atoms with Gasteiger partial charge in [-0.25, -0.2) is 0 Å². The molecule has 1 aromatic heterocycles. The highest BCUT2D eigenvalue weighted by molar-refractivity contribution is 7.79. The Bertz CT molecular complexity index is 316. The van der Waals surface area contributed by atoms with Crippen LogP contribution in [-0.2, 0) is 15.0 Å². The Morgan fingerprint density at radius 3 is 1.13 bits per heavy atom. The summed E-state index contributed by atoms with van der Waals surface area (Å²) in [6, 6.07) is 0. The molecule has 0 amide bonds. The summed E-state index contributed by atoms with van der Waals surface area (Å²) >= 11 is 0. The van der Waals surface area contributed by atoms with Crippen LogP contribution in [0.15, 0.2) is 24.8 Å². The van der Waals surface area contributed by atoms with Crippen LogP contribution in [0.3, 0.4) is 0 Å². The molecule has 1 heterocycles. The van der Waals surface area contributed by atoms with E-state index in [1.807, 2.05) is 0 Å². The molecule has 0 aliphatic carbocycles. The maximum atomic E-state index is 8.74. The third-order valence-corrected chi connectivity index (χ3v) is 0.478. The third-order valence-electron chi connectivity index (χ3n) is 0.478. The van der Waals surface area contributed by atoms with Crippen LogP contribution in [0.4, 0.5) is 0 Å². The summed E-state index contributed by atoms with van der Waals surface area (Å²) in [6.45, 7) is 0. The van der Waals surface area contributed by atoms with Gasteiger partial charge in [0.1, 0.15) is 0 Å². The Morgan fingerprint density at radius 2 is 1.07 bits per heavy atom. The van der Waals surface area contributed by atoms with Crippen molar-refractivity contribution >= 4 is 18.7 Å². The molecule has 0 fully saturated rings. The standard InChI is InChI=1S/C4H4N2.H2O4S.H3O3P/c1-2-6-4-3-5-1;1-5(2,3)4;1-4(2)3/h1-4H;(H2,1,2,3,4);4H,(H2,1,2,3). The predicted octanol–water partition coefficient (Wildman–Crippen LogP) is -0.816. The first-order valence-electron chi connectivity index (χ1n) is 3.05. The SMILES string of the molecule is O=S(=O)(O)O.O=[PH](O)O.c1cnccn1. The second-order valence-electron chi connectivity index (χ2n) is 1.62. The van der Waals surface area contributed by atoms with Crippen LogP contribution >= 0.6 is 8.25 Å².